The number of rotatable bonds is 5. The molecule has 31 heavy (non-hydrogen) atoms. The van der Waals surface area contributed by atoms with Gasteiger partial charge in [0.25, 0.3) is 5.56 Å². The maximum Gasteiger partial charge on any atom is 0.253 e. The van der Waals surface area contributed by atoms with E-state index < -0.39 is 0 Å². The minimum absolute atomic E-state index is 0.115. The molecular weight excluding hydrogens is 410 g/mol. The summed E-state index contributed by atoms with van der Waals surface area (Å²) in [5.41, 5.74) is 4.40. The van der Waals surface area contributed by atoms with E-state index in [1.165, 1.54) is 5.56 Å². The number of pyridine rings is 1. The second-order valence-electron chi connectivity index (χ2n) is 8.91. The molecule has 5 nitrogen and oxygen atoms in total. The number of carbonyl (C=O) groups excluding carboxylic acids is 1. The van der Waals surface area contributed by atoms with Crippen LogP contribution in [0, 0.1) is 5.92 Å². The van der Waals surface area contributed by atoms with Gasteiger partial charge in [-0.2, -0.15) is 0 Å². The predicted molar refractivity (Wildman–Crippen MR) is 128 cm³/mol. The number of H-pyrrole nitrogens is 1. The quantitative estimate of drug-likeness (QED) is 0.526. The van der Waals surface area contributed by atoms with Crippen molar-refractivity contribution in [3.63, 3.8) is 0 Å². The third kappa shape index (κ3) is 4.33. The van der Waals surface area contributed by atoms with Crippen LogP contribution in [-0.2, 0) is 4.79 Å². The highest BCUT2D eigenvalue weighted by molar-refractivity contribution is 6.31. The number of anilines is 2. The first-order valence-electron chi connectivity index (χ1n) is 10.7. The van der Waals surface area contributed by atoms with Crippen LogP contribution in [0.4, 0.5) is 11.4 Å². The number of nitrogens with zero attached hydrogens (tertiary/aromatic N) is 1. The molecule has 1 aliphatic heterocycles. The fourth-order valence-electron chi connectivity index (χ4n) is 4.49. The Labute approximate surface area is 187 Å². The van der Waals surface area contributed by atoms with Crippen LogP contribution in [0.5, 0.6) is 0 Å². The molecule has 0 bridgehead atoms. The molecule has 1 amide bonds. The second-order valence-corrected chi connectivity index (χ2v) is 9.34. The molecule has 1 aromatic heterocycles. The average molecular weight is 438 g/mol. The molecule has 2 aromatic carbocycles. The van der Waals surface area contributed by atoms with E-state index in [1.807, 2.05) is 44.3 Å². The van der Waals surface area contributed by atoms with Gasteiger partial charge in [0.05, 0.1) is 6.04 Å². The van der Waals surface area contributed by atoms with E-state index in [-0.39, 0.29) is 23.4 Å². The molecule has 2 atom stereocenters. The molecule has 2 N–H and O–H groups in total. The van der Waals surface area contributed by atoms with Gasteiger partial charge in [-0.1, -0.05) is 25.4 Å². The van der Waals surface area contributed by atoms with E-state index in [0.717, 1.165) is 28.7 Å². The highest BCUT2D eigenvalue weighted by atomic mass is 35.5. The van der Waals surface area contributed by atoms with E-state index in [9.17, 15) is 9.59 Å². The first-order valence-corrected chi connectivity index (χ1v) is 11.1. The molecule has 162 valence electrons. The summed E-state index contributed by atoms with van der Waals surface area (Å²) in [5, 5.41) is 5.01. The van der Waals surface area contributed by atoms with Crippen LogP contribution < -0.4 is 15.8 Å². The van der Waals surface area contributed by atoms with Crippen LogP contribution in [-0.4, -0.2) is 17.9 Å². The highest BCUT2D eigenvalue weighted by Crippen LogP contribution is 2.40. The van der Waals surface area contributed by atoms with Gasteiger partial charge in [0.1, 0.15) is 0 Å². The van der Waals surface area contributed by atoms with Crippen LogP contribution in [0.25, 0.3) is 10.9 Å². The van der Waals surface area contributed by atoms with Gasteiger partial charge in [0, 0.05) is 46.3 Å². The van der Waals surface area contributed by atoms with Gasteiger partial charge in [-0.05, 0) is 73.2 Å². The number of amides is 1. The number of hydrogen-bond acceptors (Lipinski definition) is 3. The maximum absolute atomic E-state index is 12.7. The maximum atomic E-state index is 12.7. The number of carbonyl (C=O) groups is 1. The molecule has 0 spiro atoms. The van der Waals surface area contributed by atoms with Crippen LogP contribution in [0.1, 0.15) is 56.7 Å². The summed E-state index contributed by atoms with van der Waals surface area (Å²) < 4.78 is 0. The molecule has 0 radical (unpaired) electrons. The standard InChI is InChI=1S/C25H28ClN3O2/c1-14(2)9-16-12-24(30)29(4)23-8-6-19(13-21(16)23)27-15(3)20-11-17-10-18(26)5-7-22(17)28-25(20)31/h5-8,10-11,13-16,27H,9,12H2,1-4H3,(H,28,31)/t15-,16+/m0/s1. The molecule has 2 heterocycles. The van der Waals surface area contributed by atoms with Crippen LogP contribution in [0.15, 0.2) is 47.3 Å². The number of aromatic nitrogens is 1. The lowest BCUT2D eigenvalue weighted by Gasteiger charge is -2.33. The van der Waals surface area contributed by atoms with Gasteiger partial charge in [0.2, 0.25) is 5.91 Å². The summed E-state index contributed by atoms with van der Waals surface area (Å²) in [7, 11) is 1.84. The topological polar surface area (TPSA) is 65.2 Å². The summed E-state index contributed by atoms with van der Waals surface area (Å²) >= 11 is 6.12. The molecule has 0 saturated heterocycles. The van der Waals surface area contributed by atoms with Crippen LogP contribution >= 0.6 is 11.6 Å². The normalized spacial score (nSPS) is 17.2. The van der Waals surface area contributed by atoms with Crippen LogP contribution in [0.3, 0.4) is 0 Å². The van der Waals surface area contributed by atoms with E-state index >= 15 is 0 Å². The van der Waals surface area contributed by atoms with Crippen molar-refractivity contribution in [2.75, 3.05) is 17.3 Å². The lowest BCUT2D eigenvalue weighted by molar-refractivity contribution is -0.119. The van der Waals surface area contributed by atoms with Gasteiger partial charge in [-0.15, -0.1) is 0 Å². The Morgan fingerprint density at radius 2 is 1.90 bits per heavy atom. The number of benzene rings is 2. The van der Waals surface area contributed by atoms with Crippen LogP contribution in [0.2, 0.25) is 5.02 Å². The van der Waals surface area contributed by atoms with Crippen molar-refractivity contribution in [3.8, 4) is 0 Å². The molecule has 0 fully saturated rings. The van der Waals surface area contributed by atoms with Crippen molar-refractivity contribution in [3.05, 3.63) is 69.0 Å². The molecule has 6 heteroatoms. The third-order valence-electron chi connectivity index (χ3n) is 6.06. The van der Waals surface area contributed by atoms with E-state index in [1.54, 1.807) is 11.0 Å². The van der Waals surface area contributed by atoms with Crippen molar-refractivity contribution < 1.29 is 4.79 Å². The average Bonchev–Trinajstić information content (AvgIpc) is 2.71. The Hall–Kier alpha value is -2.79. The third-order valence-corrected chi connectivity index (χ3v) is 6.30. The largest absolute Gasteiger partial charge is 0.378 e. The Morgan fingerprint density at radius 3 is 2.65 bits per heavy atom. The van der Waals surface area contributed by atoms with Gasteiger partial charge in [-0.25, -0.2) is 0 Å². The summed E-state index contributed by atoms with van der Waals surface area (Å²) in [6, 6.07) is 13.2. The number of fused-ring (bicyclic) bond motifs is 2. The lowest BCUT2D eigenvalue weighted by Crippen LogP contribution is -2.33. The summed E-state index contributed by atoms with van der Waals surface area (Å²) in [5.74, 6) is 0.878. The zero-order valence-corrected chi connectivity index (χ0v) is 19.1. The molecular formula is C25H28ClN3O2. The number of hydrogen-bond donors (Lipinski definition) is 2. The molecule has 0 aliphatic carbocycles. The van der Waals surface area contributed by atoms with Crippen molar-refractivity contribution in [2.45, 2.75) is 45.6 Å². The summed E-state index contributed by atoms with van der Waals surface area (Å²) in [4.78, 5) is 29.8. The zero-order chi connectivity index (χ0) is 22.3. The number of aromatic amines is 1. The SMILES string of the molecule is CC(C)C[C@@H]1CC(=O)N(C)c2ccc(N[C@@H](C)c3cc4cc(Cl)ccc4[nH]c3=O)cc21. The summed E-state index contributed by atoms with van der Waals surface area (Å²) in [6.45, 7) is 6.34. The highest BCUT2D eigenvalue weighted by Gasteiger charge is 2.30. The van der Waals surface area contributed by atoms with Crippen molar-refractivity contribution in [2.24, 2.45) is 5.92 Å². The Balaban J connectivity index is 1.65. The first-order chi connectivity index (χ1) is 14.7. The van der Waals surface area contributed by atoms with Gasteiger partial charge >= 0.3 is 0 Å². The van der Waals surface area contributed by atoms with E-state index in [4.69, 9.17) is 11.6 Å². The van der Waals surface area contributed by atoms with Crippen molar-refractivity contribution >= 4 is 39.8 Å². The fraction of sp³-hybridized carbons (Fsp3) is 0.360. The molecule has 4 rings (SSSR count). The van der Waals surface area contributed by atoms with Crippen molar-refractivity contribution in [1.29, 1.82) is 0 Å². The fourth-order valence-corrected chi connectivity index (χ4v) is 4.67. The molecule has 0 unspecified atom stereocenters. The number of halogens is 1. The Bertz CT molecular complexity index is 1200. The molecule has 3 aromatic rings. The van der Waals surface area contributed by atoms with Crippen molar-refractivity contribution in [1.82, 2.24) is 4.98 Å². The first kappa shape index (κ1) is 21.4. The smallest absolute Gasteiger partial charge is 0.253 e. The Morgan fingerprint density at radius 1 is 1.13 bits per heavy atom. The van der Waals surface area contributed by atoms with Gasteiger partial charge < -0.3 is 15.2 Å². The number of nitrogens with one attached hydrogen (secondary N) is 2. The van der Waals surface area contributed by atoms with Gasteiger partial charge in [-0.3, -0.25) is 9.59 Å². The van der Waals surface area contributed by atoms with E-state index in [0.29, 0.717) is 22.9 Å². The monoisotopic (exact) mass is 437 g/mol. The molecule has 1 aliphatic rings. The van der Waals surface area contributed by atoms with E-state index in [2.05, 4.69) is 30.2 Å². The Kier molecular flexibility index (Phi) is 5.80. The lowest BCUT2D eigenvalue weighted by atomic mass is 9.83. The minimum atomic E-state index is -0.198. The zero-order valence-electron chi connectivity index (χ0n) is 18.3. The molecule has 0 saturated carbocycles. The minimum Gasteiger partial charge on any atom is -0.378 e. The summed E-state index contributed by atoms with van der Waals surface area (Å²) in [6.07, 6.45) is 1.50. The predicted octanol–water partition coefficient (Wildman–Crippen LogP) is 5.85. The second kappa shape index (κ2) is 8.39. The van der Waals surface area contributed by atoms with Gasteiger partial charge in [0.15, 0.2) is 0 Å².